The third kappa shape index (κ3) is 3.22. The molecule has 7 nitrogen and oxygen atoms in total. The summed E-state index contributed by atoms with van der Waals surface area (Å²) in [6.45, 7) is 2.96. The van der Waals surface area contributed by atoms with E-state index in [9.17, 15) is 10.2 Å². The van der Waals surface area contributed by atoms with Gasteiger partial charge in [-0.15, -0.1) is 0 Å². The highest BCUT2D eigenvalue weighted by molar-refractivity contribution is 5.90. The third-order valence-corrected chi connectivity index (χ3v) is 4.41. The van der Waals surface area contributed by atoms with Crippen LogP contribution in [0.4, 0.5) is 5.69 Å². The van der Waals surface area contributed by atoms with E-state index in [2.05, 4.69) is 4.99 Å². The zero-order chi connectivity index (χ0) is 18.2. The lowest BCUT2D eigenvalue weighted by Gasteiger charge is -2.28. The number of benzene rings is 1. The van der Waals surface area contributed by atoms with Crippen molar-refractivity contribution >= 4 is 11.6 Å². The van der Waals surface area contributed by atoms with Crippen LogP contribution < -0.4 is 9.47 Å². The van der Waals surface area contributed by atoms with E-state index in [0.717, 1.165) is 5.56 Å². The molecule has 7 heteroatoms. The number of aliphatic hydroxyl groups excluding tert-OH is 1. The van der Waals surface area contributed by atoms with Crippen molar-refractivity contribution in [2.45, 2.75) is 31.7 Å². The summed E-state index contributed by atoms with van der Waals surface area (Å²) in [5, 5.41) is 19.8. The number of hydrogen-bond acceptors (Lipinski definition) is 7. The smallest absolute Gasteiger partial charge is 0.204 e. The Labute approximate surface area is 146 Å². The number of fused-ring (bicyclic) bond motifs is 2. The average Bonchev–Trinajstić information content (AvgIpc) is 3.04. The van der Waals surface area contributed by atoms with Crippen molar-refractivity contribution in [1.82, 2.24) is 0 Å². The largest absolute Gasteiger partial charge is 0.491 e. The molecule has 136 valence electrons. The highest BCUT2D eigenvalue weighted by Gasteiger charge is 2.37. The van der Waals surface area contributed by atoms with Crippen molar-refractivity contribution in [3.05, 3.63) is 30.0 Å². The molecule has 0 bridgehead atoms. The number of aliphatic hydroxyl groups is 2. The first-order valence-electron chi connectivity index (χ1n) is 8.05. The lowest BCUT2D eigenvalue weighted by molar-refractivity contribution is -0.0663. The zero-order valence-corrected chi connectivity index (χ0v) is 14.7. The van der Waals surface area contributed by atoms with E-state index in [4.69, 9.17) is 18.9 Å². The molecule has 25 heavy (non-hydrogen) atoms. The summed E-state index contributed by atoms with van der Waals surface area (Å²) in [4.78, 5) is 4.55. The van der Waals surface area contributed by atoms with Gasteiger partial charge in [-0.05, 0) is 26.0 Å². The van der Waals surface area contributed by atoms with Crippen LogP contribution >= 0.6 is 0 Å². The van der Waals surface area contributed by atoms with Gasteiger partial charge in [-0.2, -0.15) is 0 Å². The van der Waals surface area contributed by atoms with Crippen molar-refractivity contribution in [3.63, 3.8) is 0 Å². The first-order chi connectivity index (χ1) is 11.9. The van der Waals surface area contributed by atoms with Gasteiger partial charge in [0.05, 0.1) is 31.0 Å². The molecule has 3 rings (SSSR count). The zero-order valence-electron chi connectivity index (χ0n) is 14.7. The van der Waals surface area contributed by atoms with Gasteiger partial charge in [-0.25, -0.2) is 4.99 Å². The van der Waals surface area contributed by atoms with Gasteiger partial charge in [0.1, 0.15) is 18.4 Å². The molecule has 0 fully saturated rings. The summed E-state index contributed by atoms with van der Waals surface area (Å²) in [7, 11) is 3.16. The Morgan fingerprint density at radius 1 is 1.32 bits per heavy atom. The molecule has 0 amide bonds. The molecule has 0 spiro atoms. The molecule has 2 N–H and O–H groups in total. The van der Waals surface area contributed by atoms with Gasteiger partial charge in [-0.1, -0.05) is 6.07 Å². The van der Waals surface area contributed by atoms with Crippen molar-refractivity contribution in [1.29, 1.82) is 0 Å². The van der Waals surface area contributed by atoms with Crippen LogP contribution in [0.2, 0.25) is 0 Å². The van der Waals surface area contributed by atoms with E-state index < -0.39 is 11.7 Å². The fourth-order valence-corrected chi connectivity index (χ4v) is 2.86. The summed E-state index contributed by atoms with van der Waals surface area (Å²) < 4.78 is 22.2. The third-order valence-electron chi connectivity index (χ3n) is 4.41. The van der Waals surface area contributed by atoms with Crippen LogP contribution in [0.5, 0.6) is 11.5 Å². The monoisotopic (exact) mass is 349 g/mol. The van der Waals surface area contributed by atoms with Gasteiger partial charge in [0.15, 0.2) is 11.5 Å². The maximum absolute atomic E-state index is 9.96. The van der Waals surface area contributed by atoms with Crippen molar-refractivity contribution in [2.24, 2.45) is 10.9 Å². The summed E-state index contributed by atoms with van der Waals surface area (Å²) >= 11 is 0. The second kappa shape index (κ2) is 6.67. The maximum atomic E-state index is 9.96. The lowest BCUT2D eigenvalue weighted by atomic mass is 9.91. The minimum absolute atomic E-state index is 0.0639. The molecule has 0 saturated carbocycles. The van der Waals surface area contributed by atoms with Crippen LogP contribution in [-0.4, -0.2) is 48.6 Å². The van der Waals surface area contributed by atoms with Crippen molar-refractivity contribution in [3.8, 4) is 11.5 Å². The fourth-order valence-electron chi connectivity index (χ4n) is 2.86. The van der Waals surface area contributed by atoms with Crippen LogP contribution in [0.1, 0.15) is 25.5 Å². The van der Waals surface area contributed by atoms with Gasteiger partial charge in [0.25, 0.3) is 0 Å². The SMILES string of the molecule is COc1c(OC[C@@H](O)C(C)(C)O)ccc2c1N=C1OC=C[C@@H]1[C@H]2OC. The molecule has 0 aliphatic carbocycles. The van der Waals surface area contributed by atoms with E-state index in [0.29, 0.717) is 23.1 Å². The Bertz CT molecular complexity index is 706. The van der Waals surface area contributed by atoms with Crippen LogP contribution in [-0.2, 0) is 9.47 Å². The lowest BCUT2D eigenvalue weighted by Crippen LogP contribution is -2.40. The fraction of sp³-hybridized carbons (Fsp3) is 0.500. The summed E-state index contributed by atoms with van der Waals surface area (Å²) in [5.41, 5.74) is 0.192. The van der Waals surface area contributed by atoms with Gasteiger partial charge >= 0.3 is 0 Å². The Kier molecular flexibility index (Phi) is 4.73. The first-order valence-corrected chi connectivity index (χ1v) is 8.05. The Morgan fingerprint density at radius 2 is 2.08 bits per heavy atom. The molecular weight excluding hydrogens is 326 g/mol. The topological polar surface area (TPSA) is 89.7 Å². The molecule has 0 aromatic heterocycles. The Hall–Kier alpha value is -2.09. The number of methoxy groups -OCH3 is 2. The summed E-state index contributed by atoms with van der Waals surface area (Å²) in [5.74, 6) is 1.34. The van der Waals surface area contributed by atoms with Gasteiger partial charge in [0.2, 0.25) is 5.90 Å². The Morgan fingerprint density at radius 3 is 2.72 bits per heavy atom. The number of hydrogen-bond donors (Lipinski definition) is 2. The van der Waals surface area contributed by atoms with E-state index in [1.807, 2.05) is 12.1 Å². The number of nitrogens with zero attached hydrogens (tertiary/aromatic N) is 1. The van der Waals surface area contributed by atoms with Crippen molar-refractivity contribution < 1.29 is 29.2 Å². The highest BCUT2D eigenvalue weighted by atomic mass is 16.5. The van der Waals surface area contributed by atoms with Crippen molar-refractivity contribution in [2.75, 3.05) is 20.8 Å². The second-order valence-corrected chi connectivity index (χ2v) is 6.59. The predicted octanol–water partition coefficient (Wildman–Crippen LogP) is 2.10. The summed E-state index contributed by atoms with van der Waals surface area (Å²) in [6, 6.07) is 3.62. The quantitative estimate of drug-likeness (QED) is 0.817. The van der Waals surface area contributed by atoms with Crippen LogP contribution in [0, 0.1) is 5.92 Å². The summed E-state index contributed by atoms with van der Waals surface area (Å²) in [6.07, 6.45) is 2.24. The molecular formula is C18H23NO6. The molecule has 0 saturated heterocycles. The minimum Gasteiger partial charge on any atom is -0.491 e. The Balaban J connectivity index is 1.94. The van der Waals surface area contributed by atoms with E-state index >= 15 is 0 Å². The normalized spacial score (nSPS) is 22.6. The van der Waals surface area contributed by atoms with Crippen LogP contribution in [0.3, 0.4) is 0 Å². The van der Waals surface area contributed by atoms with Gasteiger partial charge in [-0.3, -0.25) is 0 Å². The molecule has 1 aromatic carbocycles. The molecule has 2 heterocycles. The molecule has 0 radical (unpaired) electrons. The first kappa shape index (κ1) is 17.7. The van der Waals surface area contributed by atoms with Gasteiger partial charge in [0, 0.05) is 12.7 Å². The van der Waals surface area contributed by atoms with E-state index in [1.54, 1.807) is 19.4 Å². The molecule has 0 unspecified atom stereocenters. The standard InChI is InChI=1S/C18H23NO6/c1-18(2,21)13(20)9-25-12-6-5-10-14(16(12)23-4)19-17-11(7-8-24-17)15(10)22-3/h5-8,11,13,15,20-21H,9H2,1-4H3/t11-,13-,15+/m1/s1. The van der Waals surface area contributed by atoms with E-state index in [-0.39, 0.29) is 18.6 Å². The molecule has 2 aliphatic heterocycles. The maximum Gasteiger partial charge on any atom is 0.204 e. The molecule has 1 aromatic rings. The van der Waals surface area contributed by atoms with E-state index in [1.165, 1.54) is 21.0 Å². The van der Waals surface area contributed by atoms with Crippen LogP contribution in [0.15, 0.2) is 29.5 Å². The number of rotatable bonds is 6. The number of aliphatic imine (C=N–C) groups is 1. The molecule has 2 aliphatic rings. The van der Waals surface area contributed by atoms with Gasteiger partial charge < -0.3 is 29.2 Å². The second-order valence-electron chi connectivity index (χ2n) is 6.59. The molecule has 3 atom stereocenters. The van der Waals surface area contributed by atoms with Crippen LogP contribution in [0.25, 0.3) is 0 Å². The minimum atomic E-state index is -1.26. The predicted molar refractivity (Wildman–Crippen MR) is 91.4 cm³/mol. The number of ether oxygens (including phenoxy) is 4. The average molecular weight is 349 g/mol. The highest BCUT2D eigenvalue weighted by Crippen LogP contribution is 2.49.